The van der Waals surface area contributed by atoms with Crippen molar-refractivity contribution in [2.45, 2.75) is 25.4 Å². The Kier molecular flexibility index (Phi) is 5.29. The molecule has 0 bridgehead atoms. The molecular formula is C20H20N4O3S. The summed E-state index contributed by atoms with van der Waals surface area (Å²) in [5, 5.41) is 12.5. The minimum absolute atomic E-state index is 0.0183. The third-order valence-electron chi connectivity index (χ3n) is 4.58. The Morgan fingerprint density at radius 1 is 1.07 bits per heavy atom. The number of hydrogen-bond acceptors (Lipinski definition) is 7. The number of tetrazole rings is 1. The lowest BCUT2D eigenvalue weighted by atomic mass is 10.1. The van der Waals surface area contributed by atoms with E-state index in [4.69, 9.17) is 9.47 Å². The van der Waals surface area contributed by atoms with Gasteiger partial charge in [0.2, 0.25) is 5.16 Å². The Labute approximate surface area is 167 Å². The zero-order chi connectivity index (χ0) is 19.5. The molecule has 2 heterocycles. The van der Waals surface area contributed by atoms with Crippen LogP contribution in [0, 0.1) is 13.8 Å². The standard InChI is InChI=1S/C20H20N4O3S/c1-13-4-6-16(10-14(13)2)24-20(21-22-23-24)28-12-17(25)15-5-7-18-19(11-15)27-9-3-8-26-18/h4-7,10-11H,3,8-9,12H2,1-2H3. The molecule has 0 aliphatic carbocycles. The van der Waals surface area contributed by atoms with Crippen LogP contribution < -0.4 is 9.47 Å². The van der Waals surface area contributed by atoms with E-state index in [1.54, 1.807) is 22.9 Å². The minimum Gasteiger partial charge on any atom is -0.490 e. The predicted molar refractivity (Wildman–Crippen MR) is 106 cm³/mol. The van der Waals surface area contributed by atoms with Gasteiger partial charge in [0.05, 0.1) is 24.7 Å². The topological polar surface area (TPSA) is 79.1 Å². The van der Waals surface area contributed by atoms with Crippen LogP contribution in [0.3, 0.4) is 0 Å². The fraction of sp³-hybridized carbons (Fsp3) is 0.300. The molecule has 0 amide bonds. The molecule has 0 unspecified atom stereocenters. The molecule has 28 heavy (non-hydrogen) atoms. The summed E-state index contributed by atoms with van der Waals surface area (Å²) in [7, 11) is 0. The SMILES string of the molecule is Cc1ccc(-n2nnnc2SCC(=O)c2ccc3c(c2)OCCCO3)cc1C. The monoisotopic (exact) mass is 396 g/mol. The number of fused-ring (bicyclic) bond motifs is 1. The Balaban J connectivity index is 1.48. The average Bonchev–Trinajstić information content (AvgIpc) is 3.04. The number of ether oxygens (including phenoxy) is 2. The van der Waals surface area contributed by atoms with Gasteiger partial charge in [-0.25, -0.2) is 0 Å². The quantitative estimate of drug-likeness (QED) is 0.483. The molecule has 4 rings (SSSR count). The molecule has 3 aromatic rings. The highest BCUT2D eigenvalue weighted by molar-refractivity contribution is 7.99. The summed E-state index contributed by atoms with van der Waals surface area (Å²) in [4.78, 5) is 12.7. The summed E-state index contributed by atoms with van der Waals surface area (Å²) < 4.78 is 12.9. The zero-order valence-corrected chi connectivity index (χ0v) is 16.5. The van der Waals surface area contributed by atoms with Crippen molar-refractivity contribution in [3.05, 3.63) is 53.1 Å². The largest absolute Gasteiger partial charge is 0.490 e. The number of ketones is 1. The van der Waals surface area contributed by atoms with Crippen molar-refractivity contribution in [3.8, 4) is 17.2 Å². The lowest BCUT2D eigenvalue weighted by molar-refractivity contribution is 0.102. The summed E-state index contributed by atoms with van der Waals surface area (Å²) in [6, 6.07) is 11.3. The van der Waals surface area contributed by atoms with Gasteiger partial charge in [-0.3, -0.25) is 4.79 Å². The molecule has 1 aliphatic rings. The zero-order valence-electron chi connectivity index (χ0n) is 15.7. The first-order valence-corrected chi connectivity index (χ1v) is 10.0. The number of aryl methyl sites for hydroxylation is 2. The Hall–Kier alpha value is -2.87. The Bertz CT molecular complexity index is 1020. The number of hydrogen-bond donors (Lipinski definition) is 0. The molecule has 0 fully saturated rings. The van der Waals surface area contributed by atoms with Gasteiger partial charge in [0.15, 0.2) is 17.3 Å². The Morgan fingerprint density at radius 2 is 1.89 bits per heavy atom. The van der Waals surface area contributed by atoms with Gasteiger partial charge in [0, 0.05) is 12.0 Å². The molecular weight excluding hydrogens is 376 g/mol. The fourth-order valence-electron chi connectivity index (χ4n) is 2.84. The minimum atomic E-state index is -0.0183. The highest BCUT2D eigenvalue weighted by atomic mass is 32.2. The van der Waals surface area contributed by atoms with Gasteiger partial charge in [-0.15, -0.1) is 5.10 Å². The van der Waals surface area contributed by atoms with Crippen LogP contribution in [0.2, 0.25) is 0 Å². The number of rotatable bonds is 5. The van der Waals surface area contributed by atoms with Crippen LogP contribution in [0.1, 0.15) is 27.9 Å². The first-order valence-electron chi connectivity index (χ1n) is 9.03. The van der Waals surface area contributed by atoms with Crippen LogP contribution in [0.25, 0.3) is 5.69 Å². The molecule has 144 valence electrons. The summed E-state index contributed by atoms with van der Waals surface area (Å²) in [6.07, 6.45) is 0.828. The Morgan fingerprint density at radius 3 is 2.71 bits per heavy atom. The molecule has 2 aromatic carbocycles. The molecule has 1 aliphatic heterocycles. The third-order valence-corrected chi connectivity index (χ3v) is 5.50. The number of benzene rings is 2. The molecule has 0 atom stereocenters. The van der Waals surface area contributed by atoms with Crippen LogP contribution >= 0.6 is 11.8 Å². The summed E-state index contributed by atoms with van der Waals surface area (Å²) in [5.74, 6) is 1.51. The van der Waals surface area contributed by atoms with E-state index in [-0.39, 0.29) is 11.5 Å². The van der Waals surface area contributed by atoms with Gasteiger partial charge in [-0.1, -0.05) is 17.8 Å². The molecule has 0 radical (unpaired) electrons. The summed E-state index contributed by atoms with van der Waals surface area (Å²) >= 11 is 1.31. The van der Waals surface area contributed by atoms with Gasteiger partial charge in [0.1, 0.15) is 0 Å². The second-order valence-corrected chi connectivity index (χ2v) is 7.51. The van der Waals surface area contributed by atoms with Crippen molar-refractivity contribution in [1.29, 1.82) is 0 Å². The van der Waals surface area contributed by atoms with E-state index in [2.05, 4.69) is 22.4 Å². The van der Waals surface area contributed by atoms with Crippen molar-refractivity contribution in [3.63, 3.8) is 0 Å². The fourth-order valence-corrected chi connectivity index (χ4v) is 3.62. The molecule has 1 aromatic heterocycles. The maximum atomic E-state index is 12.7. The van der Waals surface area contributed by atoms with E-state index in [0.29, 0.717) is 35.4 Å². The lowest BCUT2D eigenvalue weighted by Crippen LogP contribution is -2.06. The maximum Gasteiger partial charge on any atom is 0.214 e. The number of thioether (sulfide) groups is 1. The average molecular weight is 396 g/mol. The first kappa shape index (κ1) is 18.5. The van der Waals surface area contributed by atoms with E-state index < -0.39 is 0 Å². The van der Waals surface area contributed by atoms with E-state index in [1.807, 2.05) is 25.1 Å². The highest BCUT2D eigenvalue weighted by Gasteiger charge is 2.16. The van der Waals surface area contributed by atoms with Gasteiger partial charge in [-0.05, 0) is 65.7 Å². The third kappa shape index (κ3) is 3.87. The summed E-state index contributed by atoms with van der Waals surface area (Å²) in [6.45, 7) is 5.31. The van der Waals surface area contributed by atoms with Crippen molar-refractivity contribution in [1.82, 2.24) is 20.2 Å². The highest BCUT2D eigenvalue weighted by Crippen LogP contribution is 2.31. The molecule has 7 nitrogen and oxygen atoms in total. The number of carbonyl (C=O) groups excluding carboxylic acids is 1. The van der Waals surface area contributed by atoms with Gasteiger partial charge < -0.3 is 9.47 Å². The van der Waals surface area contributed by atoms with Crippen LogP contribution in [-0.4, -0.2) is 45.0 Å². The second-order valence-electron chi connectivity index (χ2n) is 6.57. The van der Waals surface area contributed by atoms with Crippen molar-refractivity contribution < 1.29 is 14.3 Å². The van der Waals surface area contributed by atoms with E-state index >= 15 is 0 Å². The van der Waals surface area contributed by atoms with Gasteiger partial charge in [-0.2, -0.15) is 4.68 Å². The molecule has 0 saturated carbocycles. The lowest BCUT2D eigenvalue weighted by Gasteiger charge is -2.09. The first-order chi connectivity index (χ1) is 13.6. The van der Waals surface area contributed by atoms with Crippen molar-refractivity contribution in [2.75, 3.05) is 19.0 Å². The normalized spacial score (nSPS) is 13.2. The molecule has 8 heteroatoms. The van der Waals surface area contributed by atoms with E-state index in [0.717, 1.165) is 17.7 Å². The number of aromatic nitrogens is 4. The molecule has 0 N–H and O–H groups in total. The molecule has 0 saturated heterocycles. The van der Waals surface area contributed by atoms with Crippen LogP contribution in [0.15, 0.2) is 41.6 Å². The predicted octanol–water partition coefficient (Wildman–Crippen LogP) is 3.42. The number of nitrogens with zero attached hydrogens (tertiary/aromatic N) is 4. The van der Waals surface area contributed by atoms with Crippen LogP contribution in [-0.2, 0) is 0 Å². The van der Waals surface area contributed by atoms with Crippen molar-refractivity contribution >= 4 is 17.5 Å². The number of carbonyl (C=O) groups is 1. The summed E-state index contributed by atoms with van der Waals surface area (Å²) in [5.41, 5.74) is 3.82. The van der Waals surface area contributed by atoms with E-state index in [9.17, 15) is 4.79 Å². The van der Waals surface area contributed by atoms with E-state index in [1.165, 1.54) is 17.3 Å². The van der Waals surface area contributed by atoms with Gasteiger partial charge >= 0.3 is 0 Å². The van der Waals surface area contributed by atoms with Crippen molar-refractivity contribution in [2.24, 2.45) is 0 Å². The number of Topliss-reactive ketones (excluding diaryl/α,β-unsaturated/α-hetero) is 1. The van der Waals surface area contributed by atoms with Crippen LogP contribution in [0.5, 0.6) is 11.5 Å². The second kappa shape index (κ2) is 8.02. The smallest absolute Gasteiger partial charge is 0.214 e. The van der Waals surface area contributed by atoms with Crippen LogP contribution in [0.4, 0.5) is 0 Å². The maximum absolute atomic E-state index is 12.7. The molecule has 0 spiro atoms. The van der Waals surface area contributed by atoms with Gasteiger partial charge in [0.25, 0.3) is 0 Å².